The summed E-state index contributed by atoms with van der Waals surface area (Å²) in [6, 6.07) is 0. The monoisotopic (exact) mass is 1160 g/mol. The Labute approximate surface area is 473 Å². The zero-order chi connectivity index (χ0) is 58.0. The average Bonchev–Trinajstić information content (AvgIpc) is 3.41. The van der Waals surface area contributed by atoms with Gasteiger partial charge in [-0.1, -0.05) is 234 Å². The maximum absolute atomic E-state index is 12.9. The van der Waals surface area contributed by atoms with Gasteiger partial charge in [-0.25, -0.2) is 9.13 Å². The third-order valence-corrected chi connectivity index (χ3v) is 16.1. The van der Waals surface area contributed by atoms with Crippen LogP contribution >= 0.6 is 15.6 Å². The van der Waals surface area contributed by atoms with E-state index in [-0.39, 0.29) is 25.7 Å². The molecule has 0 aliphatic rings. The normalized spacial score (nSPS) is 15.1. The second kappa shape index (κ2) is 51.9. The lowest BCUT2D eigenvalue weighted by Crippen LogP contribution is -2.30. The summed E-state index contributed by atoms with van der Waals surface area (Å²) in [7, 11) is -9.87. The summed E-state index contributed by atoms with van der Waals surface area (Å²) >= 11 is 0. The van der Waals surface area contributed by atoms with Crippen molar-refractivity contribution in [2.75, 3.05) is 39.6 Å². The fourth-order valence-electron chi connectivity index (χ4n) is 8.58. The Kier molecular flexibility index (Phi) is 50.6. The molecule has 0 aliphatic carbocycles. The van der Waals surface area contributed by atoms with Gasteiger partial charge < -0.3 is 33.8 Å². The summed E-state index contributed by atoms with van der Waals surface area (Å²) in [5, 5.41) is 10.5. The lowest BCUT2D eigenvalue weighted by atomic mass is 10.00. The highest BCUT2D eigenvalue weighted by molar-refractivity contribution is 7.47. The van der Waals surface area contributed by atoms with E-state index in [1.165, 1.54) is 89.9 Å². The Hall–Kier alpha value is -1.94. The van der Waals surface area contributed by atoms with Crippen molar-refractivity contribution >= 4 is 39.5 Å². The van der Waals surface area contributed by atoms with E-state index in [1.807, 2.05) is 0 Å². The molecule has 0 heterocycles. The van der Waals surface area contributed by atoms with Crippen molar-refractivity contribution in [3.63, 3.8) is 0 Å². The molecule has 19 heteroatoms. The van der Waals surface area contributed by atoms with E-state index in [0.29, 0.717) is 25.7 Å². The van der Waals surface area contributed by atoms with Crippen molar-refractivity contribution in [2.45, 2.75) is 304 Å². The number of carbonyl (C=O) groups excluding carboxylic acids is 4. The lowest BCUT2D eigenvalue weighted by Gasteiger charge is -2.21. The molecule has 0 spiro atoms. The average molecular weight is 1160 g/mol. The zero-order valence-corrected chi connectivity index (χ0v) is 51.7. The lowest BCUT2D eigenvalue weighted by molar-refractivity contribution is -0.161. The van der Waals surface area contributed by atoms with Gasteiger partial charge in [0, 0.05) is 25.7 Å². The smallest absolute Gasteiger partial charge is 0.462 e. The largest absolute Gasteiger partial charge is 0.472 e. The predicted molar refractivity (Wildman–Crippen MR) is 308 cm³/mol. The summed E-state index contributed by atoms with van der Waals surface area (Å²) in [5.41, 5.74) is 0. The molecule has 78 heavy (non-hydrogen) atoms. The number of carbonyl (C=O) groups is 4. The third kappa shape index (κ3) is 51.0. The molecule has 0 amide bonds. The molecule has 0 aromatic heterocycles. The van der Waals surface area contributed by atoms with Crippen molar-refractivity contribution in [2.24, 2.45) is 11.8 Å². The molecule has 0 saturated carbocycles. The van der Waals surface area contributed by atoms with Crippen LogP contribution in [-0.4, -0.2) is 96.7 Å². The fourth-order valence-corrected chi connectivity index (χ4v) is 10.2. The van der Waals surface area contributed by atoms with Crippen molar-refractivity contribution in [1.82, 2.24) is 0 Å². The Morgan fingerprint density at radius 3 is 0.910 bits per heavy atom. The van der Waals surface area contributed by atoms with Crippen molar-refractivity contribution in [3.8, 4) is 0 Å². The van der Waals surface area contributed by atoms with Crippen LogP contribution in [0.4, 0.5) is 0 Å². The molecule has 0 radical (unpaired) electrons. The van der Waals surface area contributed by atoms with Crippen LogP contribution in [0.15, 0.2) is 0 Å². The second-order valence-electron chi connectivity index (χ2n) is 21.9. The molecule has 0 bridgehead atoms. The summed E-state index contributed by atoms with van der Waals surface area (Å²) in [5.74, 6) is -0.702. The highest BCUT2D eigenvalue weighted by Gasteiger charge is 2.30. The van der Waals surface area contributed by atoms with Gasteiger partial charge in [-0.3, -0.25) is 37.3 Å². The third-order valence-electron chi connectivity index (χ3n) is 14.2. The molecular weight excluding hydrogens is 1040 g/mol. The molecule has 462 valence electrons. The van der Waals surface area contributed by atoms with Crippen LogP contribution < -0.4 is 0 Å². The highest BCUT2D eigenvalue weighted by Crippen LogP contribution is 2.45. The Bertz CT molecular complexity index is 1550. The number of aliphatic hydroxyl groups excluding tert-OH is 1. The van der Waals surface area contributed by atoms with Gasteiger partial charge >= 0.3 is 39.5 Å². The number of hydrogen-bond acceptors (Lipinski definition) is 15. The Balaban J connectivity index is 5.20. The molecule has 4 unspecified atom stereocenters. The maximum atomic E-state index is 12.9. The van der Waals surface area contributed by atoms with E-state index in [4.69, 9.17) is 37.0 Å². The summed E-state index contributed by atoms with van der Waals surface area (Å²) in [4.78, 5) is 71.7. The topological polar surface area (TPSA) is 237 Å². The summed E-state index contributed by atoms with van der Waals surface area (Å²) < 4.78 is 67.6. The van der Waals surface area contributed by atoms with Gasteiger partial charge in [-0.2, -0.15) is 0 Å². The number of hydrogen-bond donors (Lipinski definition) is 3. The van der Waals surface area contributed by atoms with Crippen LogP contribution in [0, 0.1) is 11.8 Å². The van der Waals surface area contributed by atoms with Gasteiger partial charge in [-0.15, -0.1) is 0 Å². The van der Waals surface area contributed by atoms with Gasteiger partial charge in [0.1, 0.15) is 19.3 Å². The Morgan fingerprint density at radius 2 is 0.615 bits per heavy atom. The molecule has 0 rings (SSSR count). The van der Waals surface area contributed by atoms with Crippen molar-refractivity contribution < 1.29 is 80.2 Å². The molecule has 7 atom stereocenters. The van der Waals surface area contributed by atoms with Crippen molar-refractivity contribution in [3.05, 3.63) is 0 Å². The first-order valence-electron chi connectivity index (χ1n) is 31.1. The first kappa shape index (κ1) is 76.1. The van der Waals surface area contributed by atoms with E-state index >= 15 is 0 Å². The van der Waals surface area contributed by atoms with Crippen molar-refractivity contribution in [1.29, 1.82) is 0 Å². The van der Waals surface area contributed by atoms with Crippen LogP contribution in [0.2, 0.25) is 0 Å². The van der Waals surface area contributed by atoms with Gasteiger partial charge in [0.25, 0.3) is 0 Å². The molecule has 3 N–H and O–H groups in total. The van der Waals surface area contributed by atoms with Gasteiger partial charge in [-0.05, 0) is 37.5 Å². The predicted octanol–water partition coefficient (Wildman–Crippen LogP) is 15.7. The molecule has 0 aromatic rings. The minimum atomic E-state index is -4.94. The van der Waals surface area contributed by atoms with E-state index in [2.05, 4.69) is 41.5 Å². The maximum Gasteiger partial charge on any atom is 0.472 e. The summed E-state index contributed by atoms with van der Waals surface area (Å²) in [6.07, 6.45) is 32.5. The molecule has 0 fully saturated rings. The number of ether oxygens (including phenoxy) is 4. The van der Waals surface area contributed by atoms with Crippen LogP contribution in [0.25, 0.3) is 0 Å². The molecule has 17 nitrogen and oxygen atoms in total. The second-order valence-corrected chi connectivity index (χ2v) is 24.8. The number of esters is 4. The fraction of sp³-hybridized carbons (Fsp3) is 0.932. The minimum absolute atomic E-state index is 0.102. The van der Waals surface area contributed by atoms with Crippen LogP contribution in [0.5, 0.6) is 0 Å². The molecular formula is C59H114O17P2. The first-order valence-corrected chi connectivity index (χ1v) is 34.1. The SMILES string of the molecule is CCCCCCCCCCCCCCCC(=O)O[C@H](COC(=O)CCCCCCCCC(C)CC)COP(=O)(O)OC[C@@H](O)COP(=O)(O)OC[C@@H](COC(=O)CCCCCCC)OC(=O)CCCCCCCCC(C)CC. The molecule has 0 aliphatic heterocycles. The number of aliphatic hydroxyl groups is 1. The number of unbranched alkanes of at least 4 members (excludes halogenated alkanes) is 26. The number of phosphoric ester groups is 2. The van der Waals surface area contributed by atoms with E-state index in [9.17, 15) is 43.2 Å². The molecule has 0 saturated heterocycles. The standard InChI is InChI=1S/C59H114O17P2/c1-7-11-13-15-16-17-18-19-20-21-22-31-37-43-58(63)75-55(48-70-57(62)42-36-30-25-23-28-33-39-51(5)9-3)50-74-78(67,68)72-46-53(60)45-71-77(65,66)73-49-54(47-69-56(61)41-35-27-14-12-8-2)76-59(64)44-38-32-26-24-29-34-40-52(6)10-4/h51-55,60H,7-50H2,1-6H3,(H,65,66)(H,67,68)/t51?,52?,53-,54+,55+/m0/s1. The Morgan fingerprint density at radius 1 is 0.359 bits per heavy atom. The minimum Gasteiger partial charge on any atom is -0.462 e. The van der Waals surface area contributed by atoms with E-state index in [1.54, 1.807) is 0 Å². The quantitative estimate of drug-likeness (QED) is 0.0222. The van der Waals surface area contributed by atoms with Gasteiger partial charge in [0.2, 0.25) is 0 Å². The van der Waals surface area contributed by atoms with Gasteiger partial charge in [0.05, 0.1) is 26.4 Å². The molecule has 0 aromatic carbocycles. The summed E-state index contributed by atoms with van der Waals surface area (Å²) in [6.45, 7) is 9.28. The van der Waals surface area contributed by atoms with Crippen LogP contribution in [0.3, 0.4) is 0 Å². The number of phosphoric acid groups is 2. The van der Waals surface area contributed by atoms with E-state index in [0.717, 1.165) is 115 Å². The van der Waals surface area contributed by atoms with Crippen LogP contribution in [0.1, 0.15) is 286 Å². The first-order chi connectivity index (χ1) is 37.4. The van der Waals surface area contributed by atoms with Crippen LogP contribution in [-0.2, 0) is 65.4 Å². The highest BCUT2D eigenvalue weighted by atomic mass is 31.2. The zero-order valence-electron chi connectivity index (χ0n) is 50.0. The van der Waals surface area contributed by atoms with E-state index < -0.39 is 97.5 Å². The van der Waals surface area contributed by atoms with Gasteiger partial charge in [0.15, 0.2) is 12.2 Å². The number of rotatable bonds is 58.